The Bertz CT molecular complexity index is 423. The third-order valence-electron chi connectivity index (χ3n) is 2.55. The van der Waals surface area contributed by atoms with Gasteiger partial charge >= 0.3 is 5.97 Å². The van der Waals surface area contributed by atoms with Gasteiger partial charge in [0.05, 0.1) is 13.5 Å². The van der Waals surface area contributed by atoms with Gasteiger partial charge in [0.15, 0.2) is 5.78 Å². The van der Waals surface area contributed by atoms with E-state index in [1.165, 1.54) is 0 Å². The number of methoxy groups -OCH3 is 1. The van der Waals surface area contributed by atoms with Gasteiger partial charge in [0.25, 0.3) is 0 Å². The molecular formula is C13H16O4. The molecule has 92 valence electrons. The number of aryl methyl sites for hydroxylation is 1. The zero-order chi connectivity index (χ0) is 12.8. The molecule has 0 aliphatic heterocycles. The third-order valence-corrected chi connectivity index (χ3v) is 2.55. The van der Waals surface area contributed by atoms with Crippen LogP contribution in [0.3, 0.4) is 0 Å². The van der Waals surface area contributed by atoms with Gasteiger partial charge in [-0.25, -0.2) is 0 Å². The Labute approximate surface area is 100 Å². The number of carboxylic acids is 1. The molecule has 0 fully saturated rings. The van der Waals surface area contributed by atoms with Crippen molar-refractivity contribution < 1.29 is 19.4 Å². The first-order chi connectivity index (χ1) is 8.08. The number of ketones is 1. The molecular weight excluding hydrogens is 220 g/mol. The summed E-state index contributed by atoms with van der Waals surface area (Å²) in [6, 6.07) is 5.18. The molecule has 0 bridgehead atoms. The van der Waals surface area contributed by atoms with Crippen LogP contribution in [0, 0.1) is 0 Å². The fraction of sp³-hybridized carbons (Fsp3) is 0.385. The fourth-order valence-corrected chi connectivity index (χ4v) is 1.59. The molecule has 0 atom stereocenters. The van der Waals surface area contributed by atoms with E-state index in [0.29, 0.717) is 5.56 Å². The molecule has 0 saturated heterocycles. The highest BCUT2D eigenvalue weighted by Crippen LogP contribution is 2.21. The third kappa shape index (κ3) is 3.59. The Balaban J connectivity index is 2.84. The largest absolute Gasteiger partial charge is 0.496 e. The molecule has 0 aliphatic carbocycles. The molecule has 17 heavy (non-hydrogen) atoms. The van der Waals surface area contributed by atoms with Crippen LogP contribution in [0.15, 0.2) is 18.2 Å². The SMILES string of the molecule is CCc1cc(C(=O)CCC(=O)O)ccc1OC. The number of carbonyl (C=O) groups is 2. The first-order valence-electron chi connectivity index (χ1n) is 5.50. The normalized spacial score (nSPS) is 10.0. The molecule has 0 unspecified atom stereocenters. The Hall–Kier alpha value is -1.84. The predicted octanol–water partition coefficient (Wildman–Crippen LogP) is 2.31. The van der Waals surface area contributed by atoms with Crippen molar-refractivity contribution in [3.63, 3.8) is 0 Å². The smallest absolute Gasteiger partial charge is 0.303 e. The van der Waals surface area contributed by atoms with E-state index >= 15 is 0 Å². The molecule has 0 spiro atoms. The zero-order valence-electron chi connectivity index (χ0n) is 10.0. The monoisotopic (exact) mass is 236 g/mol. The summed E-state index contributed by atoms with van der Waals surface area (Å²) < 4.78 is 5.16. The number of aliphatic carboxylic acids is 1. The molecule has 4 nitrogen and oxygen atoms in total. The van der Waals surface area contributed by atoms with Crippen LogP contribution < -0.4 is 4.74 Å². The lowest BCUT2D eigenvalue weighted by Gasteiger charge is -2.08. The van der Waals surface area contributed by atoms with Crippen LogP contribution in [0.4, 0.5) is 0 Å². The Morgan fingerprint density at radius 1 is 1.29 bits per heavy atom. The topological polar surface area (TPSA) is 63.6 Å². The van der Waals surface area contributed by atoms with E-state index in [0.717, 1.165) is 17.7 Å². The summed E-state index contributed by atoms with van der Waals surface area (Å²) in [6.45, 7) is 1.98. The van der Waals surface area contributed by atoms with Crippen molar-refractivity contribution in [2.45, 2.75) is 26.2 Å². The van der Waals surface area contributed by atoms with E-state index < -0.39 is 5.97 Å². The average molecular weight is 236 g/mol. The first-order valence-corrected chi connectivity index (χ1v) is 5.50. The van der Waals surface area contributed by atoms with E-state index in [9.17, 15) is 9.59 Å². The lowest BCUT2D eigenvalue weighted by molar-refractivity contribution is -0.136. The fourth-order valence-electron chi connectivity index (χ4n) is 1.59. The number of rotatable bonds is 6. The lowest BCUT2D eigenvalue weighted by atomic mass is 10.0. The zero-order valence-corrected chi connectivity index (χ0v) is 10.0. The van der Waals surface area contributed by atoms with E-state index in [2.05, 4.69) is 0 Å². The summed E-state index contributed by atoms with van der Waals surface area (Å²) in [6.07, 6.45) is 0.667. The van der Waals surface area contributed by atoms with Gasteiger partial charge in [0, 0.05) is 12.0 Å². The van der Waals surface area contributed by atoms with Crippen molar-refractivity contribution in [2.24, 2.45) is 0 Å². The summed E-state index contributed by atoms with van der Waals surface area (Å²) >= 11 is 0. The van der Waals surface area contributed by atoms with Crippen LogP contribution in [0.5, 0.6) is 5.75 Å². The second kappa shape index (κ2) is 6.03. The van der Waals surface area contributed by atoms with E-state index in [1.54, 1.807) is 25.3 Å². The van der Waals surface area contributed by atoms with Crippen LogP contribution in [-0.2, 0) is 11.2 Å². The van der Waals surface area contributed by atoms with Crippen molar-refractivity contribution in [2.75, 3.05) is 7.11 Å². The van der Waals surface area contributed by atoms with Gasteiger partial charge in [0.2, 0.25) is 0 Å². The highest BCUT2D eigenvalue weighted by molar-refractivity contribution is 5.97. The quantitative estimate of drug-likeness (QED) is 0.770. The van der Waals surface area contributed by atoms with Gasteiger partial charge in [-0.2, -0.15) is 0 Å². The van der Waals surface area contributed by atoms with Crippen molar-refractivity contribution >= 4 is 11.8 Å². The molecule has 0 radical (unpaired) electrons. The van der Waals surface area contributed by atoms with Crippen molar-refractivity contribution in [1.29, 1.82) is 0 Å². The minimum Gasteiger partial charge on any atom is -0.496 e. The molecule has 4 heteroatoms. The van der Waals surface area contributed by atoms with Gasteiger partial charge < -0.3 is 9.84 Å². The maximum atomic E-state index is 11.7. The summed E-state index contributed by atoms with van der Waals surface area (Å²) in [5.74, 6) is -0.352. The van der Waals surface area contributed by atoms with Crippen molar-refractivity contribution in [1.82, 2.24) is 0 Å². The van der Waals surface area contributed by atoms with E-state index in [-0.39, 0.29) is 18.6 Å². The summed E-state index contributed by atoms with van der Waals surface area (Å²) in [5.41, 5.74) is 1.50. The summed E-state index contributed by atoms with van der Waals surface area (Å²) in [5, 5.41) is 8.52. The number of Topliss-reactive ketones (excluding diaryl/α,β-unsaturated/α-hetero) is 1. The Morgan fingerprint density at radius 2 is 2.00 bits per heavy atom. The minimum absolute atomic E-state index is 0.0326. The minimum atomic E-state index is -0.956. The van der Waals surface area contributed by atoms with Gasteiger partial charge in [-0.05, 0) is 30.2 Å². The molecule has 1 N–H and O–H groups in total. The number of carbonyl (C=O) groups excluding carboxylic acids is 1. The maximum Gasteiger partial charge on any atom is 0.303 e. The average Bonchev–Trinajstić information content (AvgIpc) is 2.34. The number of carboxylic acid groups (broad SMARTS) is 1. The number of ether oxygens (including phenoxy) is 1. The molecule has 0 heterocycles. The van der Waals surface area contributed by atoms with Gasteiger partial charge in [-0.15, -0.1) is 0 Å². The van der Waals surface area contributed by atoms with E-state index in [4.69, 9.17) is 9.84 Å². The summed E-state index contributed by atoms with van der Waals surface area (Å²) in [7, 11) is 1.58. The van der Waals surface area contributed by atoms with Gasteiger partial charge in [-0.1, -0.05) is 6.92 Å². The van der Waals surface area contributed by atoms with Crippen molar-refractivity contribution in [3.05, 3.63) is 29.3 Å². The summed E-state index contributed by atoms with van der Waals surface area (Å²) in [4.78, 5) is 22.1. The maximum absolute atomic E-state index is 11.7. The van der Waals surface area contributed by atoms with Crippen molar-refractivity contribution in [3.8, 4) is 5.75 Å². The van der Waals surface area contributed by atoms with Crippen LogP contribution in [0.1, 0.15) is 35.7 Å². The van der Waals surface area contributed by atoms with Gasteiger partial charge in [0.1, 0.15) is 5.75 Å². The Morgan fingerprint density at radius 3 is 2.53 bits per heavy atom. The second-order valence-electron chi connectivity index (χ2n) is 3.70. The standard InChI is InChI=1S/C13H16O4/c1-3-9-8-10(4-6-12(9)17-2)11(14)5-7-13(15)16/h4,6,8H,3,5,7H2,1-2H3,(H,15,16). The van der Waals surface area contributed by atoms with Crippen LogP contribution in [-0.4, -0.2) is 24.0 Å². The molecule has 1 aromatic rings. The number of hydrogen-bond donors (Lipinski definition) is 1. The van der Waals surface area contributed by atoms with Crippen LogP contribution in [0.2, 0.25) is 0 Å². The Kier molecular flexibility index (Phi) is 4.69. The molecule has 1 aromatic carbocycles. The molecule has 0 aliphatic rings. The van der Waals surface area contributed by atoms with Crippen LogP contribution >= 0.6 is 0 Å². The molecule has 0 amide bonds. The lowest BCUT2D eigenvalue weighted by Crippen LogP contribution is -2.04. The van der Waals surface area contributed by atoms with Gasteiger partial charge in [-0.3, -0.25) is 9.59 Å². The highest BCUT2D eigenvalue weighted by atomic mass is 16.5. The van der Waals surface area contributed by atoms with E-state index in [1.807, 2.05) is 6.92 Å². The predicted molar refractivity (Wildman–Crippen MR) is 63.6 cm³/mol. The first kappa shape index (κ1) is 13.2. The van der Waals surface area contributed by atoms with Crippen LogP contribution in [0.25, 0.3) is 0 Å². The number of benzene rings is 1. The highest BCUT2D eigenvalue weighted by Gasteiger charge is 2.10. The molecule has 0 aromatic heterocycles. The molecule has 0 saturated carbocycles. The second-order valence-corrected chi connectivity index (χ2v) is 3.70. The molecule has 1 rings (SSSR count). The number of hydrogen-bond acceptors (Lipinski definition) is 3.